The van der Waals surface area contributed by atoms with Crippen molar-refractivity contribution in [2.24, 2.45) is 0 Å². The van der Waals surface area contributed by atoms with Crippen molar-refractivity contribution in [1.29, 1.82) is 5.26 Å². The Balaban J connectivity index is 1.98. The second-order valence-corrected chi connectivity index (χ2v) is 6.87. The average molecular weight is 361 g/mol. The fraction of sp³-hybridized carbons (Fsp3) is 0.304. The fourth-order valence-corrected chi connectivity index (χ4v) is 2.71. The van der Waals surface area contributed by atoms with E-state index in [0.717, 1.165) is 12.0 Å². The van der Waals surface area contributed by atoms with Gasteiger partial charge in [0.1, 0.15) is 11.6 Å². The third-order valence-corrected chi connectivity index (χ3v) is 4.36. The normalized spacial score (nSPS) is 11.1. The molecule has 0 aliphatic carbocycles. The maximum absolute atomic E-state index is 12.8. The highest BCUT2D eigenvalue weighted by Gasteiger charge is 2.21. The SMILES string of the molecule is Cc1ccc(CCN/C=C(/C#N)C(=O)N(Cc2ccccc2)C(C)C)cc1. The summed E-state index contributed by atoms with van der Waals surface area (Å²) >= 11 is 0. The first-order valence-corrected chi connectivity index (χ1v) is 9.25. The summed E-state index contributed by atoms with van der Waals surface area (Å²) in [6, 6.07) is 20.2. The monoisotopic (exact) mass is 361 g/mol. The van der Waals surface area contributed by atoms with Crippen LogP contribution in [0.25, 0.3) is 0 Å². The van der Waals surface area contributed by atoms with Crippen molar-refractivity contribution in [3.8, 4) is 6.07 Å². The van der Waals surface area contributed by atoms with Gasteiger partial charge in [-0.25, -0.2) is 0 Å². The van der Waals surface area contributed by atoms with Gasteiger partial charge in [-0.2, -0.15) is 5.26 Å². The molecule has 0 fully saturated rings. The van der Waals surface area contributed by atoms with E-state index in [1.54, 1.807) is 4.90 Å². The van der Waals surface area contributed by atoms with Gasteiger partial charge < -0.3 is 10.2 Å². The Kier molecular flexibility index (Phi) is 7.63. The maximum atomic E-state index is 12.8. The van der Waals surface area contributed by atoms with Crippen LogP contribution in [-0.4, -0.2) is 23.4 Å². The van der Waals surface area contributed by atoms with E-state index in [1.165, 1.54) is 17.3 Å². The van der Waals surface area contributed by atoms with E-state index in [1.807, 2.05) is 50.2 Å². The third-order valence-electron chi connectivity index (χ3n) is 4.36. The zero-order valence-electron chi connectivity index (χ0n) is 16.3. The molecule has 0 aliphatic rings. The van der Waals surface area contributed by atoms with Crippen molar-refractivity contribution in [3.05, 3.63) is 83.1 Å². The second kappa shape index (κ2) is 10.2. The summed E-state index contributed by atoms with van der Waals surface area (Å²) in [5.74, 6) is -0.251. The van der Waals surface area contributed by atoms with Crippen LogP contribution in [0, 0.1) is 18.3 Å². The molecule has 0 heterocycles. The largest absolute Gasteiger partial charge is 0.389 e. The molecule has 0 saturated heterocycles. The Morgan fingerprint density at radius 2 is 1.78 bits per heavy atom. The molecule has 1 N–H and O–H groups in total. The number of nitrogens with zero attached hydrogens (tertiary/aromatic N) is 2. The van der Waals surface area contributed by atoms with E-state index in [9.17, 15) is 10.1 Å². The minimum atomic E-state index is -0.251. The lowest BCUT2D eigenvalue weighted by molar-refractivity contribution is -0.129. The standard InChI is InChI=1S/C23H27N3O/c1-18(2)26(17-21-7-5-4-6-8-21)23(27)22(15-24)16-25-14-13-20-11-9-19(3)10-12-20/h4-12,16,18,25H,13-14,17H2,1-3H3/b22-16-. The first kappa shape index (κ1) is 20.3. The van der Waals surface area contributed by atoms with Gasteiger partial charge in [0, 0.05) is 25.3 Å². The van der Waals surface area contributed by atoms with Crippen LogP contribution in [0.2, 0.25) is 0 Å². The molecule has 0 bridgehead atoms. The van der Waals surface area contributed by atoms with Crippen molar-refractivity contribution in [2.75, 3.05) is 6.54 Å². The minimum absolute atomic E-state index is 0.00187. The Morgan fingerprint density at radius 3 is 2.37 bits per heavy atom. The molecule has 2 aromatic rings. The van der Waals surface area contributed by atoms with Crippen LogP contribution < -0.4 is 5.32 Å². The summed E-state index contributed by atoms with van der Waals surface area (Å²) in [7, 11) is 0. The van der Waals surface area contributed by atoms with Gasteiger partial charge in [-0.15, -0.1) is 0 Å². The zero-order valence-corrected chi connectivity index (χ0v) is 16.3. The number of carbonyl (C=O) groups excluding carboxylic acids is 1. The van der Waals surface area contributed by atoms with Crippen molar-refractivity contribution >= 4 is 5.91 Å². The topological polar surface area (TPSA) is 56.1 Å². The van der Waals surface area contributed by atoms with E-state index >= 15 is 0 Å². The van der Waals surface area contributed by atoms with Crippen LogP contribution >= 0.6 is 0 Å². The van der Waals surface area contributed by atoms with E-state index in [2.05, 4.69) is 36.5 Å². The number of nitriles is 1. The highest BCUT2D eigenvalue weighted by Crippen LogP contribution is 2.12. The van der Waals surface area contributed by atoms with Crippen LogP contribution in [0.1, 0.15) is 30.5 Å². The lowest BCUT2D eigenvalue weighted by Gasteiger charge is -2.26. The number of hydrogen-bond donors (Lipinski definition) is 1. The molecule has 0 aliphatic heterocycles. The summed E-state index contributed by atoms with van der Waals surface area (Å²) in [6.45, 7) is 7.13. The van der Waals surface area contributed by atoms with Gasteiger partial charge in [-0.3, -0.25) is 4.79 Å². The molecule has 0 atom stereocenters. The molecule has 2 aromatic carbocycles. The van der Waals surface area contributed by atoms with Crippen LogP contribution in [0.15, 0.2) is 66.4 Å². The van der Waals surface area contributed by atoms with Crippen molar-refractivity contribution in [3.63, 3.8) is 0 Å². The van der Waals surface area contributed by atoms with Crippen LogP contribution in [0.5, 0.6) is 0 Å². The van der Waals surface area contributed by atoms with Crippen molar-refractivity contribution in [1.82, 2.24) is 10.2 Å². The summed E-state index contributed by atoms with van der Waals surface area (Å²) in [5, 5.41) is 12.5. The van der Waals surface area contributed by atoms with Gasteiger partial charge in [0.15, 0.2) is 0 Å². The average Bonchev–Trinajstić information content (AvgIpc) is 2.67. The Bertz CT molecular complexity index is 802. The second-order valence-electron chi connectivity index (χ2n) is 6.87. The number of aryl methyl sites for hydroxylation is 1. The highest BCUT2D eigenvalue weighted by molar-refractivity contribution is 5.97. The predicted octanol–water partition coefficient (Wildman–Crippen LogP) is 3.97. The van der Waals surface area contributed by atoms with Crippen LogP contribution in [-0.2, 0) is 17.8 Å². The van der Waals surface area contributed by atoms with E-state index in [4.69, 9.17) is 0 Å². The molecule has 0 aromatic heterocycles. The zero-order chi connectivity index (χ0) is 19.6. The van der Waals surface area contributed by atoms with E-state index < -0.39 is 0 Å². The number of rotatable bonds is 8. The number of benzene rings is 2. The van der Waals surface area contributed by atoms with E-state index in [-0.39, 0.29) is 17.5 Å². The molecular formula is C23H27N3O. The quantitative estimate of drug-likeness (QED) is 0.440. The molecule has 0 unspecified atom stereocenters. The first-order chi connectivity index (χ1) is 13.0. The minimum Gasteiger partial charge on any atom is -0.389 e. The van der Waals surface area contributed by atoms with Gasteiger partial charge in [0.05, 0.1) is 0 Å². The molecule has 140 valence electrons. The van der Waals surface area contributed by atoms with Crippen molar-refractivity contribution < 1.29 is 4.79 Å². The Labute approximate surface area is 162 Å². The van der Waals surface area contributed by atoms with Crippen LogP contribution in [0.4, 0.5) is 0 Å². The Morgan fingerprint density at radius 1 is 1.11 bits per heavy atom. The maximum Gasteiger partial charge on any atom is 0.266 e. The summed E-state index contributed by atoms with van der Waals surface area (Å²) in [6.07, 6.45) is 2.37. The van der Waals surface area contributed by atoms with Crippen LogP contribution in [0.3, 0.4) is 0 Å². The number of nitrogens with one attached hydrogen (secondary N) is 1. The fourth-order valence-electron chi connectivity index (χ4n) is 2.71. The van der Waals surface area contributed by atoms with E-state index in [0.29, 0.717) is 13.1 Å². The molecule has 0 saturated carbocycles. The Hall–Kier alpha value is -3.06. The molecule has 4 heteroatoms. The number of hydrogen-bond acceptors (Lipinski definition) is 3. The summed E-state index contributed by atoms with van der Waals surface area (Å²) < 4.78 is 0. The highest BCUT2D eigenvalue weighted by atomic mass is 16.2. The first-order valence-electron chi connectivity index (χ1n) is 9.25. The molecule has 27 heavy (non-hydrogen) atoms. The number of amides is 1. The molecular weight excluding hydrogens is 334 g/mol. The van der Waals surface area contributed by atoms with Crippen molar-refractivity contribution in [2.45, 2.75) is 39.8 Å². The van der Waals surface area contributed by atoms with Gasteiger partial charge in [0.2, 0.25) is 0 Å². The van der Waals surface area contributed by atoms with Gasteiger partial charge in [0.25, 0.3) is 5.91 Å². The molecule has 0 spiro atoms. The molecule has 1 amide bonds. The van der Waals surface area contributed by atoms with Gasteiger partial charge in [-0.1, -0.05) is 60.2 Å². The summed E-state index contributed by atoms with van der Waals surface area (Å²) in [5.41, 5.74) is 3.63. The lowest BCUT2D eigenvalue weighted by atomic mass is 10.1. The lowest BCUT2D eigenvalue weighted by Crippen LogP contribution is -2.37. The van der Waals surface area contributed by atoms with Gasteiger partial charge in [-0.05, 0) is 38.3 Å². The van der Waals surface area contributed by atoms with Gasteiger partial charge >= 0.3 is 0 Å². The number of carbonyl (C=O) groups is 1. The predicted molar refractivity (Wildman–Crippen MR) is 109 cm³/mol. The molecule has 0 radical (unpaired) electrons. The summed E-state index contributed by atoms with van der Waals surface area (Å²) in [4.78, 5) is 14.5. The molecule has 2 rings (SSSR count). The third kappa shape index (κ3) is 6.31. The smallest absolute Gasteiger partial charge is 0.266 e. The molecule has 4 nitrogen and oxygen atoms in total.